The standard InChI is InChI=1S/C27H27BrN4O4S/c1-17-4-7-21(8-5-17)37(34,35)32-15-23(25-26(32)29-13-24(28)30-25)20-6-9-22(18(2)12-20)27(33)31(3)14-19-10-11-36-16-19/h4-9,12-13,15,19H,10-11,14,16H2,1-3H3/t19-/m0/s1. The summed E-state index contributed by atoms with van der Waals surface area (Å²) in [6, 6.07) is 12.2. The van der Waals surface area contributed by atoms with Gasteiger partial charge in [0.05, 0.1) is 17.7 Å². The highest BCUT2D eigenvalue weighted by Gasteiger charge is 2.25. The molecule has 192 valence electrons. The van der Waals surface area contributed by atoms with Crippen LogP contribution in [-0.2, 0) is 14.8 Å². The molecule has 0 spiro atoms. The number of hydrogen-bond donors (Lipinski definition) is 0. The van der Waals surface area contributed by atoms with Crippen molar-refractivity contribution in [2.45, 2.75) is 25.2 Å². The van der Waals surface area contributed by atoms with Crippen LogP contribution in [-0.4, -0.2) is 60.0 Å². The lowest BCUT2D eigenvalue weighted by Crippen LogP contribution is -2.32. The van der Waals surface area contributed by atoms with Crippen LogP contribution < -0.4 is 0 Å². The number of hydrogen-bond acceptors (Lipinski definition) is 6. The molecule has 4 aromatic rings. The molecule has 1 amide bonds. The number of nitrogens with zero attached hydrogens (tertiary/aromatic N) is 4. The van der Waals surface area contributed by atoms with Crippen LogP contribution >= 0.6 is 15.9 Å². The number of carbonyl (C=O) groups is 1. The zero-order valence-corrected chi connectivity index (χ0v) is 23.2. The summed E-state index contributed by atoms with van der Waals surface area (Å²) in [5.41, 5.74) is 4.40. The average molecular weight is 584 g/mol. The van der Waals surface area contributed by atoms with E-state index in [9.17, 15) is 13.2 Å². The fourth-order valence-corrected chi connectivity index (χ4v) is 6.23. The Hall–Kier alpha value is -3.08. The van der Waals surface area contributed by atoms with Crippen molar-refractivity contribution in [1.29, 1.82) is 0 Å². The van der Waals surface area contributed by atoms with Crippen LogP contribution in [0.2, 0.25) is 0 Å². The van der Waals surface area contributed by atoms with Crippen LogP contribution in [0.1, 0.15) is 27.9 Å². The van der Waals surface area contributed by atoms with Crippen molar-refractivity contribution in [3.05, 3.63) is 76.2 Å². The van der Waals surface area contributed by atoms with Gasteiger partial charge in [0.15, 0.2) is 5.65 Å². The third-order valence-corrected chi connectivity index (χ3v) is 8.73. The summed E-state index contributed by atoms with van der Waals surface area (Å²) in [6.07, 6.45) is 3.99. The molecule has 0 aliphatic carbocycles. The Morgan fingerprint density at radius 3 is 2.62 bits per heavy atom. The highest BCUT2D eigenvalue weighted by molar-refractivity contribution is 9.10. The van der Waals surface area contributed by atoms with E-state index in [0.717, 1.165) is 29.7 Å². The van der Waals surface area contributed by atoms with Crippen LogP contribution in [0.25, 0.3) is 22.3 Å². The molecule has 0 saturated carbocycles. The predicted octanol–water partition coefficient (Wildman–Crippen LogP) is 4.82. The van der Waals surface area contributed by atoms with Crippen LogP contribution in [0.4, 0.5) is 0 Å². The van der Waals surface area contributed by atoms with Gasteiger partial charge < -0.3 is 9.64 Å². The summed E-state index contributed by atoms with van der Waals surface area (Å²) in [7, 11) is -2.10. The summed E-state index contributed by atoms with van der Waals surface area (Å²) in [4.78, 5) is 24.0. The lowest BCUT2D eigenvalue weighted by atomic mass is 10.00. The van der Waals surface area contributed by atoms with Crippen molar-refractivity contribution in [2.24, 2.45) is 5.92 Å². The highest BCUT2D eigenvalue weighted by Crippen LogP contribution is 2.33. The molecule has 2 aromatic carbocycles. The van der Waals surface area contributed by atoms with Gasteiger partial charge in [0.2, 0.25) is 0 Å². The molecule has 1 aliphatic heterocycles. The first-order valence-electron chi connectivity index (χ1n) is 11.9. The fraction of sp³-hybridized carbons (Fsp3) is 0.296. The molecular formula is C27H27BrN4O4S. The number of ether oxygens (including phenoxy) is 1. The van der Waals surface area contributed by atoms with Gasteiger partial charge in [-0.1, -0.05) is 29.8 Å². The van der Waals surface area contributed by atoms with E-state index < -0.39 is 10.0 Å². The highest BCUT2D eigenvalue weighted by atomic mass is 79.9. The molecular weight excluding hydrogens is 556 g/mol. The Morgan fingerprint density at radius 2 is 1.95 bits per heavy atom. The van der Waals surface area contributed by atoms with Gasteiger partial charge >= 0.3 is 0 Å². The van der Waals surface area contributed by atoms with E-state index >= 15 is 0 Å². The molecule has 37 heavy (non-hydrogen) atoms. The van der Waals surface area contributed by atoms with Gasteiger partial charge in [0, 0.05) is 43.4 Å². The fourth-order valence-electron chi connectivity index (χ4n) is 4.64. The summed E-state index contributed by atoms with van der Waals surface area (Å²) in [5.74, 6) is 0.301. The second kappa shape index (κ2) is 10.00. The molecule has 1 aliphatic rings. The second-order valence-electron chi connectivity index (χ2n) is 9.47. The molecule has 2 aromatic heterocycles. The molecule has 8 nitrogen and oxygen atoms in total. The number of fused-ring (bicyclic) bond motifs is 1. The first kappa shape index (κ1) is 25.6. The lowest BCUT2D eigenvalue weighted by molar-refractivity contribution is 0.0765. The number of benzene rings is 2. The van der Waals surface area contributed by atoms with Crippen molar-refractivity contribution in [3.8, 4) is 11.1 Å². The van der Waals surface area contributed by atoms with Crippen molar-refractivity contribution in [1.82, 2.24) is 18.8 Å². The number of amides is 1. The maximum Gasteiger partial charge on any atom is 0.269 e. The molecule has 10 heteroatoms. The van der Waals surface area contributed by atoms with Gasteiger partial charge in [0.25, 0.3) is 15.9 Å². The van der Waals surface area contributed by atoms with Crippen LogP contribution in [0, 0.1) is 19.8 Å². The van der Waals surface area contributed by atoms with E-state index in [1.165, 1.54) is 10.2 Å². The third kappa shape index (κ3) is 4.93. The monoisotopic (exact) mass is 582 g/mol. The molecule has 1 saturated heterocycles. The van der Waals surface area contributed by atoms with E-state index in [1.807, 2.05) is 33.0 Å². The van der Waals surface area contributed by atoms with E-state index in [4.69, 9.17) is 4.74 Å². The van der Waals surface area contributed by atoms with Crippen LogP contribution in [0.5, 0.6) is 0 Å². The minimum absolute atomic E-state index is 0.0529. The van der Waals surface area contributed by atoms with E-state index in [2.05, 4.69) is 25.9 Å². The van der Waals surface area contributed by atoms with Crippen molar-refractivity contribution in [3.63, 3.8) is 0 Å². The number of aryl methyl sites for hydroxylation is 2. The van der Waals surface area contributed by atoms with E-state index in [1.54, 1.807) is 41.4 Å². The molecule has 5 rings (SSSR count). The zero-order chi connectivity index (χ0) is 26.3. The maximum absolute atomic E-state index is 13.5. The third-order valence-electron chi connectivity index (χ3n) is 6.68. The van der Waals surface area contributed by atoms with Gasteiger partial charge in [-0.25, -0.2) is 22.4 Å². The van der Waals surface area contributed by atoms with Crippen molar-refractivity contribution < 1.29 is 17.9 Å². The Bertz CT molecular complexity index is 1590. The molecule has 3 heterocycles. The Kier molecular flexibility index (Phi) is 6.91. The summed E-state index contributed by atoms with van der Waals surface area (Å²) < 4.78 is 34.2. The number of rotatable bonds is 6. The molecule has 0 unspecified atom stereocenters. The topological polar surface area (TPSA) is 94.4 Å². The molecule has 1 fully saturated rings. The van der Waals surface area contributed by atoms with Crippen molar-refractivity contribution in [2.75, 3.05) is 26.8 Å². The first-order valence-corrected chi connectivity index (χ1v) is 14.2. The number of aromatic nitrogens is 3. The second-order valence-corrected chi connectivity index (χ2v) is 12.1. The van der Waals surface area contributed by atoms with Gasteiger partial charge in [-0.05, 0) is 65.5 Å². The summed E-state index contributed by atoms with van der Waals surface area (Å²) in [5, 5.41) is 0. The Morgan fingerprint density at radius 1 is 1.19 bits per heavy atom. The smallest absolute Gasteiger partial charge is 0.269 e. The van der Waals surface area contributed by atoms with Crippen LogP contribution in [0.3, 0.4) is 0 Å². The Balaban J connectivity index is 1.54. The normalized spacial score (nSPS) is 15.8. The molecule has 1 atom stereocenters. The molecule has 0 radical (unpaired) electrons. The number of halogens is 1. The van der Waals surface area contributed by atoms with Crippen LogP contribution in [0.15, 0.2) is 64.4 Å². The zero-order valence-electron chi connectivity index (χ0n) is 20.8. The predicted molar refractivity (Wildman–Crippen MR) is 145 cm³/mol. The van der Waals surface area contributed by atoms with Gasteiger partial charge in [0.1, 0.15) is 10.1 Å². The lowest BCUT2D eigenvalue weighted by Gasteiger charge is -2.21. The minimum Gasteiger partial charge on any atom is -0.381 e. The molecule has 0 bridgehead atoms. The largest absolute Gasteiger partial charge is 0.381 e. The Labute approximate surface area is 224 Å². The minimum atomic E-state index is -3.91. The maximum atomic E-state index is 13.5. The summed E-state index contributed by atoms with van der Waals surface area (Å²) in [6.45, 7) is 5.86. The van der Waals surface area contributed by atoms with E-state index in [-0.39, 0.29) is 16.4 Å². The average Bonchev–Trinajstić information content (AvgIpc) is 3.51. The number of carbonyl (C=O) groups excluding carboxylic acids is 1. The summed E-state index contributed by atoms with van der Waals surface area (Å²) >= 11 is 3.36. The molecule has 0 N–H and O–H groups in total. The van der Waals surface area contributed by atoms with E-state index in [0.29, 0.717) is 40.3 Å². The van der Waals surface area contributed by atoms with Crippen molar-refractivity contribution >= 4 is 43.0 Å². The first-order chi connectivity index (χ1) is 17.6. The van der Waals surface area contributed by atoms with Gasteiger partial charge in [-0.2, -0.15) is 0 Å². The van der Waals surface area contributed by atoms with Gasteiger partial charge in [-0.15, -0.1) is 0 Å². The SMILES string of the molecule is Cc1ccc(S(=O)(=O)n2cc(-c3ccc(C(=O)N(C)C[C@@H]4CCOC4)c(C)c3)c3nc(Br)cnc32)cc1. The quantitative estimate of drug-likeness (QED) is 0.323. The van der Waals surface area contributed by atoms with Gasteiger partial charge in [-0.3, -0.25) is 4.79 Å².